The minimum atomic E-state index is -0.122. The normalized spacial score (nSPS) is 10.7. The number of Topliss-reactive ketones (excluding diaryl/α,β-unsaturated/α-hetero) is 1. The van der Waals surface area contributed by atoms with E-state index in [2.05, 4.69) is 25.9 Å². The summed E-state index contributed by atoms with van der Waals surface area (Å²) in [5.74, 6) is -0.148. The number of rotatable bonds is 2. The van der Waals surface area contributed by atoms with E-state index in [-0.39, 0.29) is 11.7 Å². The summed E-state index contributed by atoms with van der Waals surface area (Å²) >= 11 is 8.73. The van der Waals surface area contributed by atoms with E-state index in [1.165, 1.54) is 0 Å². The molecule has 5 heteroatoms. The molecule has 0 unspecified atom stereocenters. The summed E-state index contributed by atoms with van der Waals surface area (Å²) in [6, 6.07) is 3.67. The number of aromatic amines is 1. The maximum Gasteiger partial charge on any atom is 0.181 e. The molecule has 0 fully saturated rings. The summed E-state index contributed by atoms with van der Waals surface area (Å²) in [6.45, 7) is 0. The van der Waals surface area contributed by atoms with Crippen LogP contribution in [0.3, 0.4) is 0 Å². The average molecular weight is 274 g/mol. The van der Waals surface area contributed by atoms with Crippen LogP contribution in [0.1, 0.15) is 10.4 Å². The highest BCUT2D eigenvalue weighted by molar-refractivity contribution is 9.10. The van der Waals surface area contributed by atoms with Gasteiger partial charge in [0.05, 0.1) is 17.0 Å². The number of carbonyl (C=O) groups is 1. The molecule has 0 bridgehead atoms. The fourth-order valence-corrected chi connectivity index (χ4v) is 1.71. The number of carbonyl (C=O) groups excluding carboxylic acids is 1. The minimum absolute atomic E-state index is 0.0266. The molecule has 2 aromatic rings. The van der Waals surface area contributed by atoms with Gasteiger partial charge in [-0.3, -0.25) is 4.79 Å². The number of H-pyrrole nitrogens is 1. The molecule has 0 aliphatic rings. The topological polar surface area (TPSA) is 45.8 Å². The van der Waals surface area contributed by atoms with Crippen LogP contribution in [0, 0.1) is 0 Å². The Morgan fingerprint density at radius 2 is 2.36 bits per heavy atom. The number of nitrogens with zero attached hydrogens (tertiary/aromatic N) is 1. The van der Waals surface area contributed by atoms with Crippen LogP contribution in [0.4, 0.5) is 0 Å². The van der Waals surface area contributed by atoms with Crippen LogP contribution in [0.5, 0.6) is 0 Å². The zero-order valence-corrected chi connectivity index (χ0v) is 9.39. The van der Waals surface area contributed by atoms with Gasteiger partial charge in [-0.2, -0.15) is 0 Å². The first-order valence-corrected chi connectivity index (χ1v) is 5.28. The highest BCUT2D eigenvalue weighted by atomic mass is 79.9. The van der Waals surface area contributed by atoms with Crippen molar-refractivity contribution in [3.05, 3.63) is 28.5 Å². The van der Waals surface area contributed by atoms with Crippen molar-refractivity contribution in [3.8, 4) is 0 Å². The molecular weight excluding hydrogens is 267 g/mol. The van der Waals surface area contributed by atoms with Gasteiger partial charge in [0.1, 0.15) is 10.1 Å². The van der Waals surface area contributed by atoms with E-state index in [1.54, 1.807) is 6.20 Å². The van der Waals surface area contributed by atoms with E-state index >= 15 is 0 Å². The molecule has 2 rings (SSSR count). The van der Waals surface area contributed by atoms with Crippen LogP contribution in [-0.4, -0.2) is 21.6 Å². The predicted molar refractivity (Wildman–Crippen MR) is 58.8 cm³/mol. The van der Waals surface area contributed by atoms with Gasteiger partial charge in [-0.15, -0.1) is 11.6 Å². The van der Waals surface area contributed by atoms with Crippen molar-refractivity contribution in [2.75, 3.05) is 5.88 Å². The summed E-state index contributed by atoms with van der Waals surface area (Å²) in [4.78, 5) is 18.6. The fourth-order valence-electron chi connectivity index (χ4n) is 1.26. The second-order valence-electron chi connectivity index (χ2n) is 2.79. The Bertz CT molecular complexity index is 495. The number of aromatic nitrogens is 2. The van der Waals surface area contributed by atoms with Gasteiger partial charge in [-0.05, 0) is 28.1 Å². The van der Waals surface area contributed by atoms with E-state index < -0.39 is 0 Å². The van der Waals surface area contributed by atoms with Crippen molar-refractivity contribution in [2.24, 2.45) is 0 Å². The number of pyridine rings is 1. The Hall–Kier alpha value is -0.870. The number of hydrogen-bond donors (Lipinski definition) is 1. The number of ketones is 1. The average Bonchev–Trinajstić information content (AvgIpc) is 2.59. The lowest BCUT2D eigenvalue weighted by molar-refractivity contribution is 0.102. The standard InChI is InChI=1S/C9H6BrClN2O/c10-8-2-1-6-9(13-8)5(4-12-6)7(14)3-11/h1-2,4,12H,3H2. The Kier molecular flexibility index (Phi) is 2.56. The SMILES string of the molecule is O=C(CCl)c1c[nH]c2ccc(Br)nc12. The second-order valence-corrected chi connectivity index (χ2v) is 3.87. The number of nitrogens with one attached hydrogen (secondary N) is 1. The van der Waals surface area contributed by atoms with Crippen LogP contribution in [0.25, 0.3) is 11.0 Å². The molecule has 2 heterocycles. The van der Waals surface area contributed by atoms with Crippen LogP contribution >= 0.6 is 27.5 Å². The summed E-state index contributed by atoms with van der Waals surface area (Å²) in [6.07, 6.45) is 1.63. The van der Waals surface area contributed by atoms with E-state index in [0.29, 0.717) is 15.7 Å². The molecule has 0 aliphatic carbocycles. The maximum atomic E-state index is 11.4. The molecule has 0 aliphatic heterocycles. The van der Waals surface area contributed by atoms with E-state index in [1.807, 2.05) is 12.1 Å². The molecule has 0 radical (unpaired) electrons. The van der Waals surface area contributed by atoms with Gasteiger partial charge in [-0.1, -0.05) is 0 Å². The second kappa shape index (κ2) is 3.71. The van der Waals surface area contributed by atoms with Crippen molar-refractivity contribution in [1.29, 1.82) is 0 Å². The van der Waals surface area contributed by atoms with Crippen LogP contribution in [-0.2, 0) is 0 Å². The molecule has 0 spiro atoms. The molecule has 3 nitrogen and oxygen atoms in total. The van der Waals surface area contributed by atoms with Crippen molar-refractivity contribution < 1.29 is 4.79 Å². The van der Waals surface area contributed by atoms with Gasteiger partial charge in [0.2, 0.25) is 0 Å². The highest BCUT2D eigenvalue weighted by Crippen LogP contribution is 2.19. The smallest absolute Gasteiger partial charge is 0.181 e. The highest BCUT2D eigenvalue weighted by Gasteiger charge is 2.11. The van der Waals surface area contributed by atoms with Crippen LogP contribution in [0.2, 0.25) is 0 Å². The van der Waals surface area contributed by atoms with Crippen LogP contribution < -0.4 is 0 Å². The van der Waals surface area contributed by atoms with Gasteiger partial charge >= 0.3 is 0 Å². The van der Waals surface area contributed by atoms with Gasteiger partial charge in [-0.25, -0.2) is 4.98 Å². The molecule has 0 atom stereocenters. The van der Waals surface area contributed by atoms with Gasteiger partial charge in [0, 0.05) is 6.20 Å². The quantitative estimate of drug-likeness (QED) is 0.519. The first-order chi connectivity index (χ1) is 6.72. The van der Waals surface area contributed by atoms with E-state index in [4.69, 9.17) is 11.6 Å². The fraction of sp³-hybridized carbons (Fsp3) is 0.111. The third kappa shape index (κ3) is 1.55. The summed E-state index contributed by atoms with van der Waals surface area (Å²) in [7, 11) is 0. The molecule has 0 saturated heterocycles. The maximum absolute atomic E-state index is 11.4. The van der Waals surface area contributed by atoms with Crippen molar-refractivity contribution in [2.45, 2.75) is 0 Å². The zero-order chi connectivity index (χ0) is 10.1. The molecule has 0 amide bonds. The summed E-state index contributed by atoms with van der Waals surface area (Å²) in [5, 5.41) is 0. The lowest BCUT2D eigenvalue weighted by Gasteiger charge is -1.94. The Labute approximate surface area is 93.6 Å². The number of halogens is 2. The van der Waals surface area contributed by atoms with Gasteiger partial charge in [0.25, 0.3) is 0 Å². The molecular formula is C9H6BrClN2O. The van der Waals surface area contributed by atoms with Gasteiger partial charge < -0.3 is 4.98 Å². The molecule has 1 N–H and O–H groups in total. The summed E-state index contributed by atoms with van der Waals surface area (Å²) in [5.41, 5.74) is 2.03. The van der Waals surface area contributed by atoms with Crippen molar-refractivity contribution >= 4 is 44.3 Å². The minimum Gasteiger partial charge on any atom is -0.359 e. The van der Waals surface area contributed by atoms with E-state index in [9.17, 15) is 4.79 Å². The number of alkyl halides is 1. The molecule has 14 heavy (non-hydrogen) atoms. The van der Waals surface area contributed by atoms with Crippen molar-refractivity contribution in [1.82, 2.24) is 9.97 Å². The predicted octanol–water partition coefficient (Wildman–Crippen LogP) is 2.75. The Balaban J connectivity index is 2.67. The van der Waals surface area contributed by atoms with Gasteiger partial charge in [0.15, 0.2) is 5.78 Å². The molecule has 0 aromatic carbocycles. The molecule has 72 valence electrons. The third-order valence-electron chi connectivity index (χ3n) is 1.91. The third-order valence-corrected chi connectivity index (χ3v) is 2.59. The lowest BCUT2D eigenvalue weighted by atomic mass is 10.2. The zero-order valence-electron chi connectivity index (χ0n) is 7.05. The van der Waals surface area contributed by atoms with E-state index in [0.717, 1.165) is 5.52 Å². The molecule has 2 aromatic heterocycles. The lowest BCUT2D eigenvalue weighted by Crippen LogP contribution is -1.99. The Morgan fingerprint density at radius 3 is 3.07 bits per heavy atom. The first kappa shape index (κ1) is 9.68. The number of hydrogen-bond acceptors (Lipinski definition) is 2. The number of fused-ring (bicyclic) bond motifs is 1. The van der Waals surface area contributed by atoms with Crippen LogP contribution in [0.15, 0.2) is 22.9 Å². The largest absolute Gasteiger partial charge is 0.359 e. The monoisotopic (exact) mass is 272 g/mol. The summed E-state index contributed by atoms with van der Waals surface area (Å²) < 4.78 is 0.702. The molecule has 0 saturated carbocycles. The van der Waals surface area contributed by atoms with Crippen molar-refractivity contribution in [3.63, 3.8) is 0 Å². The Morgan fingerprint density at radius 1 is 1.57 bits per heavy atom. The first-order valence-electron chi connectivity index (χ1n) is 3.95.